The predicted molar refractivity (Wildman–Crippen MR) is 74.4 cm³/mol. The molecule has 0 bridgehead atoms. The molecule has 98 valence electrons. The zero-order valence-electron chi connectivity index (χ0n) is 11.0. The summed E-state index contributed by atoms with van der Waals surface area (Å²) in [7, 11) is 3.29. The molecule has 0 spiro atoms. The fraction of sp³-hybridized carbons (Fsp3) is 0.143. The smallest absolute Gasteiger partial charge is 0.526 e. The standard InChI is InChI=1S/C14H15BO4/c1-16-11-7-3-5-9-13(11)18-15-19-14-10-6-4-8-12(14)17-2/h3-10,15H,1-2H3. The third-order valence-corrected chi connectivity index (χ3v) is 2.57. The van der Waals surface area contributed by atoms with E-state index in [0.717, 1.165) is 0 Å². The lowest BCUT2D eigenvalue weighted by atomic mass is 10.2. The number of rotatable bonds is 6. The van der Waals surface area contributed by atoms with Gasteiger partial charge in [-0.05, 0) is 24.3 Å². The van der Waals surface area contributed by atoms with E-state index in [1.807, 2.05) is 48.5 Å². The fourth-order valence-corrected chi connectivity index (χ4v) is 1.63. The van der Waals surface area contributed by atoms with E-state index >= 15 is 0 Å². The molecule has 0 saturated carbocycles. The molecule has 0 heterocycles. The molecule has 2 rings (SSSR count). The average molecular weight is 258 g/mol. The SMILES string of the molecule is COc1ccccc1OBOc1ccccc1OC. The van der Waals surface area contributed by atoms with Crippen molar-refractivity contribution in [3.63, 3.8) is 0 Å². The Morgan fingerprint density at radius 1 is 0.632 bits per heavy atom. The van der Waals surface area contributed by atoms with E-state index < -0.39 is 0 Å². The lowest BCUT2D eigenvalue weighted by Crippen LogP contribution is -2.12. The summed E-state index contributed by atoms with van der Waals surface area (Å²) < 4.78 is 21.4. The molecule has 4 nitrogen and oxygen atoms in total. The third-order valence-electron chi connectivity index (χ3n) is 2.57. The van der Waals surface area contributed by atoms with Gasteiger partial charge < -0.3 is 18.8 Å². The monoisotopic (exact) mass is 258 g/mol. The molecule has 19 heavy (non-hydrogen) atoms. The van der Waals surface area contributed by atoms with Gasteiger partial charge in [0.15, 0.2) is 11.5 Å². The normalized spacial score (nSPS) is 9.58. The zero-order chi connectivity index (χ0) is 13.5. The first-order valence-corrected chi connectivity index (χ1v) is 5.87. The van der Waals surface area contributed by atoms with Crippen LogP contribution in [0.15, 0.2) is 48.5 Å². The van der Waals surface area contributed by atoms with Gasteiger partial charge in [-0.25, -0.2) is 0 Å². The van der Waals surface area contributed by atoms with Crippen molar-refractivity contribution in [2.75, 3.05) is 14.2 Å². The van der Waals surface area contributed by atoms with Gasteiger partial charge in [-0.2, -0.15) is 0 Å². The molecular formula is C14H15BO4. The van der Waals surface area contributed by atoms with Crippen LogP contribution >= 0.6 is 0 Å². The van der Waals surface area contributed by atoms with E-state index in [-0.39, 0.29) is 7.69 Å². The van der Waals surface area contributed by atoms with E-state index in [9.17, 15) is 0 Å². The van der Waals surface area contributed by atoms with E-state index in [2.05, 4.69) is 0 Å². The van der Waals surface area contributed by atoms with Crippen LogP contribution in [0.3, 0.4) is 0 Å². The highest BCUT2D eigenvalue weighted by Gasteiger charge is 2.07. The van der Waals surface area contributed by atoms with E-state index in [4.69, 9.17) is 18.8 Å². The fourth-order valence-electron chi connectivity index (χ4n) is 1.63. The average Bonchev–Trinajstić information content (AvgIpc) is 2.48. The Labute approximate surface area is 113 Å². The van der Waals surface area contributed by atoms with Crippen LogP contribution in [0, 0.1) is 0 Å². The summed E-state index contributed by atoms with van der Waals surface area (Å²) in [5.41, 5.74) is 0. The van der Waals surface area contributed by atoms with Crippen molar-refractivity contribution in [2.24, 2.45) is 0 Å². The molecule has 0 aliphatic carbocycles. The maximum atomic E-state index is 5.53. The van der Waals surface area contributed by atoms with Crippen LogP contribution in [0.2, 0.25) is 0 Å². The van der Waals surface area contributed by atoms with Crippen LogP contribution in [0.1, 0.15) is 0 Å². The van der Waals surface area contributed by atoms with Crippen molar-refractivity contribution in [1.82, 2.24) is 0 Å². The maximum Gasteiger partial charge on any atom is 0.576 e. The molecule has 2 aromatic carbocycles. The molecule has 0 aliphatic heterocycles. The number of benzene rings is 2. The second kappa shape index (κ2) is 6.59. The van der Waals surface area contributed by atoms with Gasteiger partial charge in [-0.1, -0.05) is 24.3 Å². The lowest BCUT2D eigenvalue weighted by Gasteiger charge is -2.12. The topological polar surface area (TPSA) is 36.9 Å². The third kappa shape index (κ3) is 3.34. The first-order valence-electron chi connectivity index (χ1n) is 5.87. The molecule has 5 heteroatoms. The number of ether oxygens (including phenoxy) is 2. The van der Waals surface area contributed by atoms with Crippen LogP contribution in [-0.4, -0.2) is 21.9 Å². The van der Waals surface area contributed by atoms with Gasteiger partial charge in [0.05, 0.1) is 14.2 Å². The van der Waals surface area contributed by atoms with Crippen LogP contribution in [0.5, 0.6) is 23.0 Å². The maximum absolute atomic E-state index is 5.53. The van der Waals surface area contributed by atoms with Crippen LogP contribution in [-0.2, 0) is 0 Å². The summed E-state index contributed by atoms with van der Waals surface area (Å²) in [4.78, 5) is 0. The highest BCUT2D eigenvalue weighted by atomic mass is 16.6. The van der Waals surface area contributed by atoms with Crippen molar-refractivity contribution in [1.29, 1.82) is 0 Å². The Balaban J connectivity index is 1.96. The largest absolute Gasteiger partial charge is 0.576 e. The lowest BCUT2D eigenvalue weighted by molar-refractivity contribution is 0.370. The minimum atomic E-state index is 0.0841. The zero-order valence-corrected chi connectivity index (χ0v) is 11.0. The molecule has 0 N–H and O–H groups in total. The summed E-state index contributed by atoms with van der Waals surface area (Å²) in [5.74, 6) is 2.62. The van der Waals surface area contributed by atoms with Gasteiger partial charge in [-0.15, -0.1) is 0 Å². The van der Waals surface area contributed by atoms with Crippen molar-refractivity contribution < 1.29 is 18.8 Å². The Morgan fingerprint density at radius 2 is 1.00 bits per heavy atom. The second-order valence-electron chi connectivity index (χ2n) is 3.71. The molecule has 0 saturated heterocycles. The molecule has 0 aliphatic rings. The van der Waals surface area contributed by atoms with Gasteiger partial charge in [0, 0.05) is 0 Å². The Morgan fingerprint density at radius 3 is 1.37 bits per heavy atom. The Kier molecular flexibility index (Phi) is 4.56. The summed E-state index contributed by atoms with van der Waals surface area (Å²) in [6.45, 7) is 0. The molecule has 0 radical (unpaired) electrons. The number of hydrogen-bond acceptors (Lipinski definition) is 4. The molecule has 0 atom stereocenters. The minimum Gasteiger partial charge on any atom is -0.526 e. The van der Waals surface area contributed by atoms with Crippen molar-refractivity contribution in [3.8, 4) is 23.0 Å². The van der Waals surface area contributed by atoms with Crippen LogP contribution in [0.4, 0.5) is 0 Å². The van der Waals surface area contributed by atoms with Crippen molar-refractivity contribution in [3.05, 3.63) is 48.5 Å². The molecule has 2 aromatic rings. The number of hydrogen-bond donors (Lipinski definition) is 0. The van der Waals surface area contributed by atoms with Gasteiger partial charge >= 0.3 is 7.69 Å². The molecular weight excluding hydrogens is 243 g/mol. The van der Waals surface area contributed by atoms with E-state index in [0.29, 0.717) is 23.0 Å². The van der Waals surface area contributed by atoms with Gasteiger partial charge in [0.2, 0.25) is 0 Å². The first kappa shape index (κ1) is 13.1. The van der Waals surface area contributed by atoms with E-state index in [1.54, 1.807) is 14.2 Å². The summed E-state index contributed by atoms with van der Waals surface area (Å²) in [6.07, 6.45) is 0. The number of para-hydroxylation sites is 4. The highest BCUT2D eigenvalue weighted by molar-refractivity contribution is 6.21. The first-order chi connectivity index (χ1) is 9.35. The van der Waals surface area contributed by atoms with Crippen molar-refractivity contribution in [2.45, 2.75) is 0 Å². The van der Waals surface area contributed by atoms with Gasteiger partial charge in [0.1, 0.15) is 11.5 Å². The molecule has 0 aromatic heterocycles. The predicted octanol–water partition coefficient (Wildman–Crippen LogP) is 2.43. The summed E-state index contributed by atoms with van der Waals surface area (Å²) >= 11 is 0. The number of methoxy groups -OCH3 is 2. The Bertz CT molecular complexity index is 483. The second-order valence-corrected chi connectivity index (χ2v) is 3.71. The van der Waals surface area contributed by atoms with Crippen LogP contribution < -0.4 is 18.8 Å². The van der Waals surface area contributed by atoms with Gasteiger partial charge in [-0.3, -0.25) is 0 Å². The highest BCUT2D eigenvalue weighted by Crippen LogP contribution is 2.27. The molecule has 0 amide bonds. The summed E-state index contributed by atoms with van der Waals surface area (Å²) in [5, 5.41) is 0. The van der Waals surface area contributed by atoms with Gasteiger partial charge in [0.25, 0.3) is 0 Å². The van der Waals surface area contributed by atoms with E-state index in [1.165, 1.54) is 0 Å². The van der Waals surface area contributed by atoms with Crippen LogP contribution in [0.25, 0.3) is 0 Å². The molecule has 0 unspecified atom stereocenters. The summed E-state index contributed by atoms with van der Waals surface area (Å²) in [6, 6.07) is 14.8. The van der Waals surface area contributed by atoms with Crippen molar-refractivity contribution >= 4 is 7.69 Å². The quantitative estimate of drug-likeness (QED) is 0.745. The molecule has 0 fully saturated rings. The Hall–Kier alpha value is -2.30. The minimum absolute atomic E-state index is 0.0841.